The second-order valence-corrected chi connectivity index (χ2v) is 11.2. The minimum absolute atomic E-state index is 0.135. The van der Waals surface area contributed by atoms with E-state index in [-0.39, 0.29) is 6.16 Å². The van der Waals surface area contributed by atoms with Crippen molar-refractivity contribution < 1.29 is 22.4 Å². The van der Waals surface area contributed by atoms with Crippen molar-refractivity contribution in [2.24, 2.45) is 0 Å². The molecule has 0 aliphatic heterocycles. The Balaban J connectivity index is 3.16. The topological polar surface area (TPSA) is 27.7 Å². The summed E-state index contributed by atoms with van der Waals surface area (Å²) in [7, 11) is 0. The van der Waals surface area contributed by atoms with Crippen LogP contribution < -0.4 is 0 Å². The van der Waals surface area contributed by atoms with E-state index < -0.39 is 17.6 Å². The summed E-state index contributed by atoms with van der Waals surface area (Å²) in [5.41, 5.74) is 0.424. The second kappa shape index (κ2) is 7.23. The zero-order valence-electron chi connectivity index (χ0n) is 11.9. The van der Waals surface area contributed by atoms with Gasteiger partial charge in [0, 0.05) is 0 Å². The van der Waals surface area contributed by atoms with E-state index in [1.165, 1.54) is 12.1 Å². The van der Waals surface area contributed by atoms with E-state index in [2.05, 4.69) is 15.5 Å². The van der Waals surface area contributed by atoms with Crippen LogP contribution >= 0.6 is 21.5 Å². The van der Waals surface area contributed by atoms with Crippen LogP contribution in [0.25, 0.3) is 0 Å². The summed E-state index contributed by atoms with van der Waals surface area (Å²) in [6, 6.07) is 3.33. The molecule has 0 saturated heterocycles. The summed E-state index contributed by atoms with van der Waals surface area (Å²) >= 11 is 3.48. The Labute approximate surface area is 126 Å². The summed E-state index contributed by atoms with van der Waals surface area (Å²) in [5, 5.41) is 0. The van der Waals surface area contributed by atoms with E-state index >= 15 is 0 Å². The zero-order valence-corrected chi connectivity index (χ0v) is 14.3. The first-order chi connectivity index (χ1) is 9.35. The van der Waals surface area contributed by atoms with Gasteiger partial charge in [0.1, 0.15) is 0 Å². The molecule has 1 aromatic rings. The van der Waals surface area contributed by atoms with E-state index in [1.807, 2.05) is 20.8 Å². The Morgan fingerprint density at radius 3 is 1.65 bits per heavy atom. The van der Waals surface area contributed by atoms with Gasteiger partial charge in [0.25, 0.3) is 0 Å². The molecule has 0 bridgehead atoms. The van der Waals surface area contributed by atoms with Gasteiger partial charge in [0.15, 0.2) is 0 Å². The van der Waals surface area contributed by atoms with Gasteiger partial charge in [-0.05, 0) is 0 Å². The van der Waals surface area contributed by atoms with Gasteiger partial charge in [0.2, 0.25) is 0 Å². The van der Waals surface area contributed by atoms with E-state index in [1.54, 1.807) is 0 Å². The zero-order chi connectivity index (χ0) is 15.3. The van der Waals surface area contributed by atoms with Gasteiger partial charge in [-0.2, -0.15) is 0 Å². The Morgan fingerprint density at radius 2 is 1.30 bits per heavy atom. The van der Waals surface area contributed by atoms with Crippen molar-refractivity contribution in [2.75, 3.05) is 19.8 Å². The first-order valence-corrected chi connectivity index (χ1v) is 10.7. The first kappa shape index (κ1) is 17.9. The fourth-order valence-corrected chi connectivity index (χ4v) is 7.43. The van der Waals surface area contributed by atoms with Crippen molar-refractivity contribution in [3.05, 3.63) is 35.4 Å². The number of hydrogen-bond acceptors (Lipinski definition) is 3. The van der Waals surface area contributed by atoms with Crippen LogP contribution in [0.2, 0.25) is 0 Å². The van der Waals surface area contributed by atoms with Crippen LogP contribution in [0.3, 0.4) is 0 Å². The van der Waals surface area contributed by atoms with Crippen LogP contribution in [0.15, 0.2) is 18.2 Å². The second-order valence-electron chi connectivity index (χ2n) is 4.13. The molecule has 116 valence electrons. The van der Waals surface area contributed by atoms with Gasteiger partial charge >= 0.3 is 126 Å². The monoisotopic (exact) mass is 372 g/mol. The van der Waals surface area contributed by atoms with Crippen LogP contribution in [0.1, 0.15) is 26.3 Å². The molecule has 0 aliphatic rings. The maximum atomic E-state index is 13.3. The number of hydrogen-bond donors (Lipinski definition) is 0. The van der Waals surface area contributed by atoms with Crippen molar-refractivity contribution in [1.82, 2.24) is 0 Å². The normalized spacial score (nSPS) is 14.0. The molecule has 0 atom stereocenters. The van der Waals surface area contributed by atoms with Crippen LogP contribution in [0, 0.1) is 11.6 Å². The Bertz CT molecular complexity index is 419. The van der Waals surface area contributed by atoms with Crippen molar-refractivity contribution >= 4 is 21.5 Å². The summed E-state index contributed by atoms with van der Waals surface area (Å²) in [5.74, 6) is -4.86. The number of halogens is 3. The average Bonchev–Trinajstić information content (AvgIpc) is 2.27. The molecule has 0 radical (unpaired) electrons. The minimum atomic E-state index is -3.59. The van der Waals surface area contributed by atoms with Gasteiger partial charge in [-0.25, -0.2) is 0 Å². The third kappa shape index (κ3) is 4.71. The average molecular weight is 373 g/mol. The predicted molar refractivity (Wildman–Crippen MR) is 80.8 cm³/mol. The molecule has 0 saturated carbocycles. The van der Waals surface area contributed by atoms with Crippen LogP contribution in [-0.4, -0.2) is 19.8 Å². The van der Waals surface area contributed by atoms with E-state index in [9.17, 15) is 8.78 Å². The number of rotatable bonds is 8. The summed E-state index contributed by atoms with van der Waals surface area (Å²) in [6.07, 6.45) is 0.135. The molecule has 7 heteroatoms. The van der Waals surface area contributed by atoms with Crippen LogP contribution in [0.4, 0.5) is 8.78 Å². The molecule has 3 nitrogen and oxygen atoms in total. The maximum absolute atomic E-state index is 13.3. The van der Waals surface area contributed by atoms with Gasteiger partial charge in [-0.3, -0.25) is 0 Å². The molecule has 0 unspecified atom stereocenters. The first-order valence-electron chi connectivity index (χ1n) is 6.48. The van der Waals surface area contributed by atoms with Crippen molar-refractivity contribution in [2.45, 2.75) is 26.9 Å². The van der Waals surface area contributed by atoms with Crippen molar-refractivity contribution in [3.63, 3.8) is 0 Å². The molecule has 0 heterocycles. The Hall–Kier alpha value is -0.130. The Kier molecular flexibility index (Phi) is 6.48. The third-order valence-corrected chi connectivity index (χ3v) is 8.20. The van der Waals surface area contributed by atoms with Crippen molar-refractivity contribution in [1.29, 1.82) is 0 Å². The van der Waals surface area contributed by atoms with Gasteiger partial charge < -0.3 is 0 Å². The van der Waals surface area contributed by atoms with E-state index in [4.69, 9.17) is 13.6 Å². The van der Waals surface area contributed by atoms with Crippen molar-refractivity contribution in [3.8, 4) is 0 Å². The standard InChI is InChI=1S/C13H20BrF2O3P/c1-4-17-20(14,18-5-2,19-6-3)10-11-7-12(15)9-13(16)8-11/h7-9H,4-6,10H2,1-3H3. The third-order valence-electron chi connectivity index (χ3n) is 2.48. The SMILES string of the molecule is CCOP(Br)(Cc1cc(F)cc(F)c1)(OCC)OCC. The molecule has 0 fully saturated rings. The molecule has 0 N–H and O–H groups in total. The van der Waals surface area contributed by atoms with Gasteiger partial charge in [-0.1, -0.05) is 0 Å². The molecular weight excluding hydrogens is 353 g/mol. The molecule has 20 heavy (non-hydrogen) atoms. The molecule has 0 aromatic heterocycles. The summed E-state index contributed by atoms with van der Waals surface area (Å²) < 4.78 is 43.9. The summed E-state index contributed by atoms with van der Waals surface area (Å²) in [6.45, 7) is 6.52. The van der Waals surface area contributed by atoms with Gasteiger partial charge in [0.05, 0.1) is 0 Å². The van der Waals surface area contributed by atoms with Gasteiger partial charge in [-0.15, -0.1) is 0 Å². The molecule has 0 aliphatic carbocycles. The molecule has 0 spiro atoms. The molecule has 1 rings (SSSR count). The molecular formula is C13H20BrF2O3P. The fourth-order valence-electron chi connectivity index (χ4n) is 1.98. The molecule has 1 aromatic carbocycles. The number of benzene rings is 1. The van der Waals surface area contributed by atoms with E-state index in [0.29, 0.717) is 25.4 Å². The fraction of sp³-hybridized carbons (Fsp3) is 0.538. The summed E-state index contributed by atoms with van der Waals surface area (Å²) in [4.78, 5) is 0. The Morgan fingerprint density at radius 1 is 0.900 bits per heavy atom. The van der Waals surface area contributed by atoms with Crippen LogP contribution in [0.5, 0.6) is 0 Å². The van der Waals surface area contributed by atoms with E-state index in [0.717, 1.165) is 6.07 Å². The van der Waals surface area contributed by atoms with Crippen LogP contribution in [-0.2, 0) is 19.7 Å². The quantitative estimate of drug-likeness (QED) is 0.588. The molecule has 0 amide bonds. The predicted octanol–water partition coefficient (Wildman–Crippen LogP) is 5.18.